The maximum Gasteiger partial charge on any atom is 0.341 e. The van der Waals surface area contributed by atoms with Crippen LogP contribution in [0.4, 0.5) is 0 Å². The molecule has 0 heterocycles. The first kappa shape index (κ1) is 17.3. The van der Waals surface area contributed by atoms with Gasteiger partial charge < -0.3 is 9.84 Å². The third-order valence-electron chi connectivity index (χ3n) is 3.31. The number of ether oxygens (including phenoxy) is 1. The lowest BCUT2D eigenvalue weighted by atomic mass is 10.0. The molecule has 1 aromatic carbocycles. The normalized spacial score (nSPS) is 11.0. The third kappa shape index (κ3) is 6.03. The lowest BCUT2D eigenvalue weighted by Crippen LogP contribution is -2.07. The first-order valence-electron chi connectivity index (χ1n) is 7.83. The van der Waals surface area contributed by atoms with Crippen LogP contribution in [-0.4, -0.2) is 17.7 Å². The second-order valence-electron chi connectivity index (χ2n) is 5.07. The Morgan fingerprint density at radius 1 is 1.24 bits per heavy atom. The minimum Gasteiger partial charge on any atom is -0.507 e. The number of hydrogen-bond acceptors (Lipinski definition) is 3. The first-order valence-corrected chi connectivity index (χ1v) is 7.83. The van der Waals surface area contributed by atoms with Crippen molar-refractivity contribution < 1.29 is 14.6 Å². The average Bonchev–Trinajstić information content (AvgIpc) is 2.49. The van der Waals surface area contributed by atoms with E-state index >= 15 is 0 Å². The van der Waals surface area contributed by atoms with Crippen LogP contribution in [-0.2, 0) is 11.2 Å². The zero-order chi connectivity index (χ0) is 15.5. The summed E-state index contributed by atoms with van der Waals surface area (Å²) in [6, 6.07) is 5.28. The number of phenolic OH excluding ortho intramolecular Hbond substituents is 1. The number of aryl methyl sites for hydroxylation is 1. The van der Waals surface area contributed by atoms with E-state index < -0.39 is 5.97 Å². The second-order valence-corrected chi connectivity index (χ2v) is 5.07. The minimum absolute atomic E-state index is 0.0719. The molecule has 0 bridgehead atoms. The fourth-order valence-corrected chi connectivity index (χ4v) is 2.11. The maximum absolute atomic E-state index is 12.0. The summed E-state index contributed by atoms with van der Waals surface area (Å²) in [5, 5.41) is 10.2. The smallest absolute Gasteiger partial charge is 0.341 e. The Kier molecular flexibility index (Phi) is 8.25. The van der Waals surface area contributed by atoms with Gasteiger partial charge in [0.15, 0.2) is 0 Å². The summed E-state index contributed by atoms with van der Waals surface area (Å²) in [6.45, 7) is 4.54. The zero-order valence-corrected chi connectivity index (χ0v) is 13.1. The molecule has 0 unspecified atom stereocenters. The second kappa shape index (κ2) is 10.0. The molecule has 1 rings (SSSR count). The number of unbranched alkanes of at least 4 members (excludes halogenated alkanes) is 2. The van der Waals surface area contributed by atoms with Crippen molar-refractivity contribution in [2.75, 3.05) is 6.61 Å². The molecule has 0 aliphatic carbocycles. The van der Waals surface area contributed by atoms with Crippen molar-refractivity contribution in [2.24, 2.45) is 0 Å². The molecule has 0 aromatic heterocycles. The van der Waals surface area contributed by atoms with Crippen molar-refractivity contribution in [3.8, 4) is 5.75 Å². The molecule has 0 atom stereocenters. The number of carbonyl (C=O) groups is 1. The molecule has 0 spiro atoms. The summed E-state index contributed by atoms with van der Waals surface area (Å²) in [5.74, 6) is -0.377. The highest BCUT2D eigenvalue weighted by Gasteiger charge is 2.14. The van der Waals surface area contributed by atoms with Crippen LogP contribution in [0, 0.1) is 0 Å². The molecule has 0 saturated carbocycles. The number of aromatic hydroxyl groups is 1. The fraction of sp³-hybridized carbons (Fsp3) is 0.500. The monoisotopic (exact) mass is 290 g/mol. The van der Waals surface area contributed by atoms with Crippen LogP contribution in [0.15, 0.2) is 30.4 Å². The zero-order valence-electron chi connectivity index (χ0n) is 13.1. The van der Waals surface area contributed by atoms with Gasteiger partial charge in [0.05, 0.1) is 6.61 Å². The van der Waals surface area contributed by atoms with Gasteiger partial charge in [0.25, 0.3) is 0 Å². The Bertz CT molecular complexity index is 464. The van der Waals surface area contributed by atoms with Crippen molar-refractivity contribution in [1.29, 1.82) is 0 Å². The lowest BCUT2D eigenvalue weighted by Gasteiger charge is -2.09. The average molecular weight is 290 g/mol. The number of hydrogen-bond donors (Lipinski definition) is 1. The molecule has 21 heavy (non-hydrogen) atoms. The van der Waals surface area contributed by atoms with Gasteiger partial charge in [0, 0.05) is 0 Å². The molecule has 0 aliphatic heterocycles. The van der Waals surface area contributed by atoms with Gasteiger partial charge in [-0.3, -0.25) is 0 Å². The Labute approximate surface area is 127 Å². The lowest BCUT2D eigenvalue weighted by molar-refractivity contribution is 0.0508. The molecule has 1 N–H and O–H groups in total. The molecule has 0 fully saturated rings. The van der Waals surface area contributed by atoms with Crippen LogP contribution in [0.25, 0.3) is 0 Å². The van der Waals surface area contributed by atoms with Crippen LogP contribution in [0.3, 0.4) is 0 Å². The van der Waals surface area contributed by atoms with Crippen molar-refractivity contribution >= 4 is 5.97 Å². The maximum atomic E-state index is 12.0. The van der Waals surface area contributed by atoms with Gasteiger partial charge in [-0.05, 0) is 37.3 Å². The van der Waals surface area contributed by atoms with E-state index in [1.165, 1.54) is 0 Å². The summed E-state index contributed by atoms with van der Waals surface area (Å²) in [7, 11) is 0. The summed E-state index contributed by atoms with van der Waals surface area (Å²) < 4.78 is 5.19. The number of rotatable bonds is 9. The van der Waals surface area contributed by atoms with Crippen molar-refractivity contribution in [2.45, 2.75) is 52.4 Å². The summed E-state index contributed by atoms with van der Waals surface area (Å²) in [4.78, 5) is 12.0. The van der Waals surface area contributed by atoms with E-state index in [0.717, 1.165) is 37.7 Å². The number of carbonyl (C=O) groups excluding carboxylic acids is 1. The van der Waals surface area contributed by atoms with Gasteiger partial charge in [0.2, 0.25) is 0 Å². The molecule has 3 nitrogen and oxygen atoms in total. The predicted octanol–water partition coefficient (Wildman–Crippen LogP) is 4.64. The molecule has 0 radical (unpaired) electrons. The molecule has 0 amide bonds. The van der Waals surface area contributed by atoms with Gasteiger partial charge in [-0.1, -0.05) is 51.0 Å². The number of para-hydroxylation sites is 1. The van der Waals surface area contributed by atoms with E-state index in [2.05, 4.69) is 13.8 Å². The van der Waals surface area contributed by atoms with E-state index in [-0.39, 0.29) is 11.3 Å². The van der Waals surface area contributed by atoms with Crippen LogP contribution < -0.4 is 0 Å². The Morgan fingerprint density at radius 3 is 2.76 bits per heavy atom. The SMILES string of the molecule is CC/C=C\CCOC(=O)c1cccc(CCCCC)c1O. The summed E-state index contributed by atoms with van der Waals surface area (Å²) in [5.41, 5.74) is 1.09. The van der Waals surface area contributed by atoms with Gasteiger partial charge in [-0.2, -0.15) is 0 Å². The number of benzene rings is 1. The van der Waals surface area contributed by atoms with Crippen LogP contribution in [0.5, 0.6) is 5.75 Å². The van der Waals surface area contributed by atoms with E-state index in [4.69, 9.17) is 4.74 Å². The van der Waals surface area contributed by atoms with Gasteiger partial charge >= 0.3 is 5.97 Å². The van der Waals surface area contributed by atoms with E-state index in [1.807, 2.05) is 18.2 Å². The largest absolute Gasteiger partial charge is 0.507 e. The van der Waals surface area contributed by atoms with E-state index in [9.17, 15) is 9.90 Å². The summed E-state index contributed by atoms with van der Waals surface area (Å²) in [6.07, 6.45) is 9.79. The van der Waals surface area contributed by atoms with Gasteiger partial charge in [-0.25, -0.2) is 4.79 Å². The van der Waals surface area contributed by atoms with Crippen LogP contribution in [0.2, 0.25) is 0 Å². The summed E-state index contributed by atoms with van der Waals surface area (Å²) >= 11 is 0. The topological polar surface area (TPSA) is 46.5 Å². The molecule has 3 heteroatoms. The Hall–Kier alpha value is -1.77. The molecule has 116 valence electrons. The molecular weight excluding hydrogens is 264 g/mol. The highest BCUT2D eigenvalue weighted by atomic mass is 16.5. The Balaban J connectivity index is 2.58. The quantitative estimate of drug-likeness (QED) is 0.409. The van der Waals surface area contributed by atoms with Gasteiger partial charge in [-0.15, -0.1) is 0 Å². The first-order chi connectivity index (χ1) is 10.2. The van der Waals surface area contributed by atoms with Crippen molar-refractivity contribution in [1.82, 2.24) is 0 Å². The highest BCUT2D eigenvalue weighted by Crippen LogP contribution is 2.25. The van der Waals surface area contributed by atoms with Crippen molar-refractivity contribution in [3.05, 3.63) is 41.5 Å². The Morgan fingerprint density at radius 2 is 2.05 bits per heavy atom. The third-order valence-corrected chi connectivity index (χ3v) is 3.31. The molecule has 0 saturated heterocycles. The van der Waals surface area contributed by atoms with E-state index in [1.54, 1.807) is 12.1 Å². The predicted molar refractivity (Wildman–Crippen MR) is 85.7 cm³/mol. The standard InChI is InChI=1S/C18H26O3/c1-3-5-7-9-14-21-18(20)16-13-10-12-15(17(16)19)11-8-6-4-2/h5,7,10,12-13,19H,3-4,6,8-9,11,14H2,1-2H3/b7-5-. The van der Waals surface area contributed by atoms with Crippen LogP contribution in [0.1, 0.15) is 61.9 Å². The van der Waals surface area contributed by atoms with Gasteiger partial charge in [0.1, 0.15) is 11.3 Å². The minimum atomic E-state index is -0.449. The van der Waals surface area contributed by atoms with E-state index in [0.29, 0.717) is 13.0 Å². The highest BCUT2D eigenvalue weighted by molar-refractivity contribution is 5.92. The fourth-order valence-electron chi connectivity index (χ4n) is 2.11. The molecule has 1 aromatic rings. The number of allylic oxidation sites excluding steroid dienone is 1. The molecular formula is C18H26O3. The number of esters is 1. The number of phenols is 1. The molecule has 0 aliphatic rings. The van der Waals surface area contributed by atoms with Crippen molar-refractivity contribution in [3.63, 3.8) is 0 Å². The van der Waals surface area contributed by atoms with Crippen LogP contribution >= 0.6 is 0 Å².